The number of benzene rings is 2. The number of rotatable bonds is 8. The number of nitrogens with one attached hydrogen (secondary N) is 2. The minimum absolute atomic E-state index is 0.247. The molecule has 3 rings (SSSR count). The second-order valence-electron chi connectivity index (χ2n) is 8.94. The van der Waals surface area contributed by atoms with E-state index in [2.05, 4.69) is 15.5 Å². The number of ether oxygens (including phenoxy) is 2. The molecule has 0 aliphatic rings. The predicted molar refractivity (Wildman–Crippen MR) is 135 cm³/mol. The molecule has 0 saturated carbocycles. The van der Waals surface area contributed by atoms with E-state index in [9.17, 15) is 9.59 Å². The van der Waals surface area contributed by atoms with E-state index in [4.69, 9.17) is 9.47 Å². The van der Waals surface area contributed by atoms with Crippen LogP contribution in [0.5, 0.6) is 5.75 Å². The number of carbonyl (C=O) groups is 2. The predicted octanol–water partition coefficient (Wildman–Crippen LogP) is 5.83. The Morgan fingerprint density at radius 2 is 1.70 bits per heavy atom. The lowest BCUT2D eigenvalue weighted by Gasteiger charge is -2.20. The van der Waals surface area contributed by atoms with Gasteiger partial charge in [-0.15, -0.1) is 11.3 Å². The zero-order chi connectivity index (χ0) is 24.0. The van der Waals surface area contributed by atoms with Crippen molar-refractivity contribution < 1.29 is 19.1 Å². The molecule has 7 nitrogen and oxygen atoms in total. The summed E-state index contributed by atoms with van der Waals surface area (Å²) >= 11 is 1.41. The molecule has 0 radical (unpaired) electrons. The number of amides is 2. The Bertz CT molecular complexity index is 1120. The van der Waals surface area contributed by atoms with Crippen LogP contribution in [0.3, 0.4) is 0 Å². The van der Waals surface area contributed by atoms with E-state index >= 15 is 0 Å². The SMILES string of the molecule is CN(C)CCCOc1ccc2sc(C(=O)Nc3ccccc3NC(=O)OC(C)(C)C)cc2c1. The molecule has 8 heteroatoms. The first-order valence-electron chi connectivity index (χ1n) is 10.8. The largest absolute Gasteiger partial charge is 0.494 e. The fraction of sp³-hybridized carbons (Fsp3) is 0.360. The monoisotopic (exact) mass is 469 g/mol. The number of hydrogen-bond donors (Lipinski definition) is 2. The Labute approximate surface area is 198 Å². The number of para-hydroxylation sites is 2. The first-order chi connectivity index (χ1) is 15.6. The standard InChI is InChI=1S/C25H31N3O4S/c1-25(2,3)32-24(30)27-20-10-7-6-9-19(20)26-23(29)22-16-17-15-18(11-12-21(17)33-22)31-14-8-13-28(4)5/h6-7,9-12,15-16H,8,13-14H2,1-5H3,(H,26,29)(H,27,30). The van der Waals surface area contributed by atoms with Crippen molar-refractivity contribution in [3.63, 3.8) is 0 Å². The van der Waals surface area contributed by atoms with Gasteiger partial charge in [0.15, 0.2) is 0 Å². The Hall–Kier alpha value is -3.10. The molecular weight excluding hydrogens is 438 g/mol. The summed E-state index contributed by atoms with van der Waals surface area (Å²) in [6.45, 7) is 6.99. The van der Waals surface area contributed by atoms with Crippen LogP contribution in [-0.4, -0.2) is 49.7 Å². The summed E-state index contributed by atoms with van der Waals surface area (Å²) in [5.74, 6) is 0.543. The van der Waals surface area contributed by atoms with E-state index in [0.717, 1.165) is 28.8 Å². The van der Waals surface area contributed by atoms with Crippen LogP contribution in [0.1, 0.15) is 36.9 Å². The summed E-state index contributed by atoms with van der Waals surface area (Å²) in [6, 6.07) is 14.7. The van der Waals surface area contributed by atoms with Crippen LogP contribution >= 0.6 is 11.3 Å². The van der Waals surface area contributed by atoms with Crippen molar-refractivity contribution >= 4 is 44.8 Å². The third kappa shape index (κ3) is 7.47. The fourth-order valence-corrected chi connectivity index (χ4v) is 4.03. The molecule has 0 saturated heterocycles. The lowest BCUT2D eigenvalue weighted by atomic mass is 10.2. The van der Waals surface area contributed by atoms with Crippen molar-refractivity contribution in [3.05, 3.63) is 53.4 Å². The average Bonchev–Trinajstić information content (AvgIpc) is 3.15. The molecule has 2 amide bonds. The Morgan fingerprint density at radius 1 is 1.00 bits per heavy atom. The van der Waals surface area contributed by atoms with Gasteiger partial charge in [-0.3, -0.25) is 10.1 Å². The summed E-state index contributed by atoms with van der Waals surface area (Å²) in [5.41, 5.74) is 0.346. The molecule has 3 aromatic rings. The van der Waals surface area contributed by atoms with Crippen molar-refractivity contribution in [3.8, 4) is 5.75 Å². The van der Waals surface area contributed by atoms with Crippen LogP contribution < -0.4 is 15.4 Å². The minimum Gasteiger partial charge on any atom is -0.494 e. The lowest BCUT2D eigenvalue weighted by molar-refractivity contribution is 0.0635. The highest BCUT2D eigenvalue weighted by atomic mass is 32.1. The normalized spacial score (nSPS) is 11.5. The molecule has 0 bridgehead atoms. The van der Waals surface area contributed by atoms with Gasteiger partial charge in [-0.1, -0.05) is 12.1 Å². The molecule has 0 aliphatic heterocycles. The first kappa shape index (κ1) is 24.5. The number of anilines is 2. The van der Waals surface area contributed by atoms with Gasteiger partial charge < -0.3 is 19.7 Å². The van der Waals surface area contributed by atoms with Crippen LogP contribution in [0.15, 0.2) is 48.5 Å². The second-order valence-corrected chi connectivity index (χ2v) is 10.0. The van der Waals surface area contributed by atoms with Crippen LogP contribution in [0.4, 0.5) is 16.2 Å². The van der Waals surface area contributed by atoms with Gasteiger partial charge in [0, 0.05) is 11.2 Å². The number of fused-ring (bicyclic) bond motifs is 1. The van der Waals surface area contributed by atoms with E-state index in [1.165, 1.54) is 11.3 Å². The summed E-state index contributed by atoms with van der Waals surface area (Å²) in [5, 5.41) is 6.54. The van der Waals surface area contributed by atoms with Crippen molar-refractivity contribution in [2.45, 2.75) is 32.8 Å². The average molecular weight is 470 g/mol. The van der Waals surface area contributed by atoms with Crippen LogP contribution in [-0.2, 0) is 4.74 Å². The van der Waals surface area contributed by atoms with E-state index < -0.39 is 11.7 Å². The molecule has 2 N–H and O–H groups in total. The van der Waals surface area contributed by atoms with Crippen LogP contribution in [0, 0.1) is 0 Å². The van der Waals surface area contributed by atoms with Crippen molar-refractivity contribution in [2.75, 3.05) is 37.9 Å². The van der Waals surface area contributed by atoms with Crippen LogP contribution in [0.25, 0.3) is 10.1 Å². The number of carbonyl (C=O) groups excluding carboxylic acids is 2. The van der Waals surface area contributed by atoms with Crippen molar-refractivity contribution in [1.82, 2.24) is 4.90 Å². The second kappa shape index (κ2) is 10.7. The van der Waals surface area contributed by atoms with E-state index in [0.29, 0.717) is 22.9 Å². The quantitative estimate of drug-likeness (QED) is 0.406. The zero-order valence-corrected chi connectivity index (χ0v) is 20.5. The topological polar surface area (TPSA) is 79.9 Å². The maximum absolute atomic E-state index is 12.9. The molecular formula is C25H31N3O4S. The maximum Gasteiger partial charge on any atom is 0.412 e. The van der Waals surface area contributed by atoms with Gasteiger partial charge in [0.25, 0.3) is 5.91 Å². The van der Waals surface area contributed by atoms with Gasteiger partial charge in [0.1, 0.15) is 11.4 Å². The highest BCUT2D eigenvalue weighted by Gasteiger charge is 2.18. The third-order valence-corrected chi connectivity index (χ3v) is 5.66. The third-order valence-electron chi connectivity index (χ3n) is 4.54. The number of hydrogen-bond acceptors (Lipinski definition) is 6. The smallest absolute Gasteiger partial charge is 0.412 e. The molecule has 0 unspecified atom stereocenters. The highest BCUT2D eigenvalue weighted by Crippen LogP contribution is 2.30. The Kier molecular flexibility index (Phi) is 7.94. The maximum atomic E-state index is 12.9. The van der Waals surface area contributed by atoms with E-state index in [-0.39, 0.29) is 5.91 Å². The van der Waals surface area contributed by atoms with E-state index in [1.54, 1.807) is 45.0 Å². The van der Waals surface area contributed by atoms with Crippen molar-refractivity contribution in [1.29, 1.82) is 0 Å². The fourth-order valence-electron chi connectivity index (χ4n) is 3.09. The summed E-state index contributed by atoms with van der Waals surface area (Å²) in [6.07, 6.45) is 0.364. The lowest BCUT2D eigenvalue weighted by Crippen LogP contribution is -2.27. The first-order valence-corrected chi connectivity index (χ1v) is 11.6. The minimum atomic E-state index is -0.617. The molecule has 33 heavy (non-hydrogen) atoms. The van der Waals surface area contributed by atoms with Gasteiger partial charge in [0.2, 0.25) is 0 Å². The molecule has 0 spiro atoms. The molecule has 0 fully saturated rings. The van der Waals surface area contributed by atoms with Gasteiger partial charge in [-0.25, -0.2) is 4.79 Å². The van der Waals surface area contributed by atoms with Gasteiger partial charge in [0.05, 0.1) is 22.9 Å². The van der Waals surface area contributed by atoms with Gasteiger partial charge in [-0.2, -0.15) is 0 Å². The van der Waals surface area contributed by atoms with Crippen molar-refractivity contribution in [2.24, 2.45) is 0 Å². The highest BCUT2D eigenvalue weighted by molar-refractivity contribution is 7.20. The number of nitrogens with zero attached hydrogens (tertiary/aromatic N) is 1. The van der Waals surface area contributed by atoms with Gasteiger partial charge in [-0.05, 0) is 83.1 Å². The summed E-state index contributed by atoms with van der Waals surface area (Å²) in [7, 11) is 4.08. The van der Waals surface area contributed by atoms with E-state index in [1.807, 2.05) is 38.4 Å². The molecule has 0 aliphatic carbocycles. The number of thiophene rings is 1. The van der Waals surface area contributed by atoms with Gasteiger partial charge >= 0.3 is 6.09 Å². The zero-order valence-electron chi connectivity index (χ0n) is 19.7. The molecule has 1 heterocycles. The molecule has 0 atom stereocenters. The Balaban J connectivity index is 1.68. The summed E-state index contributed by atoms with van der Waals surface area (Å²) < 4.78 is 12.2. The Morgan fingerprint density at radius 3 is 2.36 bits per heavy atom. The molecule has 176 valence electrons. The molecule has 1 aromatic heterocycles. The summed E-state index contributed by atoms with van der Waals surface area (Å²) in [4.78, 5) is 27.8. The van der Waals surface area contributed by atoms with Crippen LogP contribution in [0.2, 0.25) is 0 Å². The molecule has 2 aromatic carbocycles.